The summed E-state index contributed by atoms with van der Waals surface area (Å²) >= 11 is 1.53. The quantitative estimate of drug-likeness (QED) is 0.902. The lowest BCUT2D eigenvalue weighted by atomic mass is 9.71. The van der Waals surface area contributed by atoms with Crippen molar-refractivity contribution in [3.8, 4) is 0 Å². The number of thiazole rings is 1. The molecule has 3 fully saturated rings. The summed E-state index contributed by atoms with van der Waals surface area (Å²) in [7, 11) is 0. The third kappa shape index (κ3) is 2.92. The molecule has 1 aromatic rings. The highest BCUT2D eigenvalue weighted by atomic mass is 32.1. The van der Waals surface area contributed by atoms with E-state index in [1.807, 2.05) is 10.3 Å². The van der Waals surface area contributed by atoms with Crippen molar-refractivity contribution in [1.29, 1.82) is 0 Å². The maximum atomic E-state index is 12.8. The van der Waals surface area contributed by atoms with E-state index >= 15 is 0 Å². The third-order valence-corrected chi connectivity index (χ3v) is 6.60. The van der Waals surface area contributed by atoms with Gasteiger partial charge in [0.05, 0.1) is 5.60 Å². The zero-order valence-electron chi connectivity index (χ0n) is 13.4. The lowest BCUT2D eigenvalue weighted by Crippen LogP contribution is -2.54. The second kappa shape index (κ2) is 6.15. The van der Waals surface area contributed by atoms with Crippen molar-refractivity contribution in [3.63, 3.8) is 0 Å². The molecule has 3 unspecified atom stereocenters. The highest BCUT2D eigenvalue weighted by Crippen LogP contribution is 2.40. The predicted octanol–water partition coefficient (Wildman–Crippen LogP) is 2.76. The summed E-state index contributed by atoms with van der Waals surface area (Å²) in [6.07, 6.45) is 7.03. The van der Waals surface area contributed by atoms with Crippen LogP contribution in [0.15, 0.2) is 5.38 Å². The first-order chi connectivity index (χ1) is 11.2. The van der Waals surface area contributed by atoms with Gasteiger partial charge in [0.15, 0.2) is 0 Å². The van der Waals surface area contributed by atoms with E-state index in [9.17, 15) is 9.90 Å². The first kappa shape index (κ1) is 15.5. The molecule has 3 heterocycles. The van der Waals surface area contributed by atoms with E-state index < -0.39 is 5.60 Å². The normalized spacial score (nSPS) is 34.4. The van der Waals surface area contributed by atoms with Crippen LogP contribution in [0.4, 0.5) is 0 Å². The standard InChI is InChI=1S/C17H24N2O3S/c20-16(13-11-23-15(18-13)14-5-3-9-22-14)19-8-7-17(21)6-2-1-4-12(17)10-19/h11-12,14,21H,1-10H2. The molecule has 0 spiro atoms. The second-order valence-electron chi connectivity index (χ2n) is 7.12. The number of ether oxygens (including phenoxy) is 1. The van der Waals surface area contributed by atoms with E-state index in [4.69, 9.17) is 4.74 Å². The number of aliphatic hydroxyl groups is 1. The van der Waals surface area contributed by atoms with Gasteiger partial charge < -0.3 is 14.7 Å². The summed E-state index contributed by atoms with van der Waals surface area (Å²) in [5.74, 6) is 0.239. The fourth-order valence-corrected chi connectivity index (χ4v) is 5.10. The fourth-order valence-electron chi connectivity index (χ4n) is 4.22. The van der Waals surface area contributed by atoms with Crippen molar-refractivity contribution in [3.05, 3.63) is 16.1 Å². The van der Waals surface area contributed by atoms with Crippen molar-refractivity contribution in [2.75, 3.05) is 19.7 Å². The smallest absolute Gasteiger partial charge is 0.273 e. The van der Waals surface area contributed by atoms with Crippen molar-refractivity contribution in [2.24, 2.45) is 5.92 Å². The van der Waals surface area contributed by atoms with Crippen molar-refractivity contribution in [2.45, 2.75) is 56.7 Å². The van der Waals surface area contributed by atoms with Crippen LogP contribution in [0.5, 0.6) is 0 Å². The average molecular weight is 336 g/mol. The molecule has 1 amide bonds. The van der Waals surface area contributed by atoms with Crippen molar-refractivity contribution in [1.82, 2.24) is 9.88 Å². The SMILES string of the molecule is O=C(c1csc(C2CCCO2)n1)N1CCC2(O)CCCCC2C1. The van der Waals surface area contributed by atoms with Gasteiger partial charge in [0.1, 0.15) is 16.8 Å². The second-order valence-corrected chi connectivity index (χ2v) is 8.01. The molecule has 126 valence electrons. The summed E-state index contributed by atoms with van der Waals surface area (Å²) in [6.45, 7) is 2.10. The van der Waals surface area contributed by atoms with Crippen molar-refractivity contribution < 1.29 is 14.6 Å². The van der Waals surface area contributed by atoms with E-state index in [2.05, 4.69) is 4.98 Å². The minimum Gasteiger partial charge on any atom is -0.389 e. The van der Waals surface area contributed by atoms with Gasteiger partial charge >= 0.3 is 0 Å². The lowest BCUT2D eigenvalue weighted by molar-refractivity contribution is -0.0886. The lowest BCUT2D eigenvalue weighted by Gasteiger charge is -2.47. The Kier molecular flexibility index (Phi) is 4.15. The monoisotopic (exact) mass is 336 g/mol. The van der Waals surface area contributed by atoms with E-state index in [1.165, 1.54) is 11.3 Å². The van der Waals surface area contributed by atoms with Gasteiger partial charge in [0.25, 0.3) is 5.91 Å². The number of fused-ring (bicyclic) bond motifs is 1. The summed E-state index contributed by atoms with van der Waals surface area (Å²) in [6, 6.07) is 0. The molecule has 5 nitrogen and oxygen atoms in total. The Hall–Kier alpha value is -0.980. The van der Waals surface area contributed by atoms with E-state index in [0.717, 1.165) is 50.1 Å². The number of aromatic nitrogens is 1. The number of piperidine rings is 1. The van der Waals surface area contributed by atoms with Gasteiger partial charge in [-0.1, -0.05) is 12.8 Å². The Bertz CT molecular complexity index is 584. The van der Waals surface area contributed by atoms with Crippen LogP contribution in [0.1, 0.15) is 66.5 Å². The van der Waals surface area contributed by atoms with Gasteiger partial charge in [0, 0.05) is 31.0 Å². The largest absolute Gasteiger partial charge is 0.389 e. The molecule has 4 rings (SSSR count). The Morgan fingerprint density at radius 2 is 2.26 bits per heavy atom. The molecule has 1 N–H and O–H groups in total. The van der Waals surface area contributed by atoms with Crippen molar-refractivity contribution >= 4 is 17.2 Å². The van der Waals surface area contributed by atoms with Gasteiger partial charge in [-0.25, -0.2) is 4.98 Å². The van der Waals surface area contributed by atoms with Crippen LogP contribution in [0.3, 0.4) is 0 Å². The molecule has 0 bridgehead atoms. The molecule has 2 aliphatic heterocycles. The van der Waals surface area contributed by atoms with E-state index in [1.54, 1.807) is 0 Å². The van der Waals surface area contributed by atoms with Crippen LogP contribution in [0.25, 0.3) is 0 Å². The van der Waals surface area contributed by atoms with Crippen LogP contribution in [-0.4, -0.2) is 46.2 Å². The highest BCUT2D eigenvalue weighted by Gasteiger charge is 2.44. The molecule has 2 saturated heterocycles. The average Bonchev–Trinajstić information content (AvgIpc) is 3.24. The number of carbonyl (C=O) groups excluding carboxylic acids is 1. The number of likely N-dealkylation sites (tertiary alicyclic amines) is 1. The summed E-state index contributed by atoms with van der Waals surface area (Å²) < 4.78 is 5.65. The van der Waals surface area contributed by atoms with Crippen LogP contribution < -0.4 is 0 Å². The summed E-state index contributed by atoms with van der Waals surface area (Å²) in [4.78, 5) is 19.2. The Morgan fingerprint density at radius 3 is 3.09 bits per heavy atom. The fraction of sp³-hybridized carbons (Fsp3) is 0.765. The third-order valence-electron chi connectivity index (χ3n) is 5.66. The highest BCUT2D eigenvalue weighted by molar-refractivity contribution is 7.09. The molecule has 23 heavy (non-hydrogen) atoms. The molecule has 6 heteroatoms. The topological polar surface area (TPSA) is 62.7 Å². The first-order valence-corrected chi connectivity index (χ1v) is 9.62. The van der Waals surface area contributed by atoms with Gasteiger partial charge in [-0.05, 0) is 32.1 Å². The number of hydrogen-bond donors (Lipinski definition) is 1. The minimum atomic E-state index is -0.542. The molecule has 1 saturated carbocycles. The number of nitrogens with zero attached hydrogens (tertiary/aromatic N) is 2. The Balaban J connectivity index is 1.45. The molecular weight excluding hydrogens is 312 g/mol. The van der Waals surface area contributed by atoms with Gasteiger partial charge in [-0.3, -0.25) is 4.79 Å². The molecule has 0 radical (unpaired) electrons. The van der Waals surface area contributed by atoms with Gasteiger partial charge in [-0.15, -0.1) is 11.3 Å². The van der Waals surface area contributed by atoms with Crippen LogP contribution in [0.2, 0.25) is 0 Å². The Morgan fingerprint density at radius 1 is 1.35 bits per heavy atom. The zero-order valence-corrected chi connectivity index (χ0v) is 14.2. The maximum Gasteiger partial charge on any atom is 0.273 e. The van der Waals surface area contributed by atoms with E-state index in [-0.39, 0.29) is 17.9 Å². The van der Waals surface area contributed by atoms with Gasteiger partial charge in [-0.2, -0.15) is 0 Å². The predicted molar refractivity (Wildman–Crippen MR) is 87.5 cm³/mol. The summed E-state index contributed by atoms with van der Waals surface area (Å²) in [5, 5.41) is 13.5. The first-order valence-electron chi connectivity index (χ1n) is 8.74. The van der Waals surface area contributed by atoms with Gasteiger partial charge in [0.2, 0.25) is 0 Å². The number of carbonyl (C=O) groups is 1. The van der Waals surface area contributed by atoms with Crippen LogP contribution in [0, 0.1) is 5.92 Å². The molecular formula is C17H24N2O3S. The molecule has 0 aromatic carbocycles. The van der Waals surface area contributed by atoms with E-state index in [0.29, 0.717) is 25.2 Å². The number of rotatable bonds is 2. The zero-order chi connectivity index (χ0) is 15.9. The molecule has 1 aliphatic carbocycles. The molecule has 3 aliphatic rings. The number of amides is 1. The van der Waals surface area contributed by atoms with Crippen LogP contribution in [-0.2, 0) is 4.74 Å². The molecule has 3 atom stereocenters. The minimum absolute atomic E-state index is 0.0121. The Labute approximate surface area is 140 Å². The maximum absolute atomic E-state index is 12.8. The molecule has 1 aromatic heterocycles. The number of hydrogen-bond acceptors (Lipinski definition) is 5. The van der Waals surface area contributed by atoms with Crippen LogP contribution >= 0.6 is 11.3 Å². The summed E-state index contributed by atoms with van der Waals surface area (Å²) in [5.41, 5.74) is 0.00157.